The molecule has 1 aromatic carbocycles. The van der Waals surface area contributed by atoms with E-state index in [1.807, 2.05) is 18.3 Å². The SMILES string of the molecule is O=C(c1ccc(-c2cccc(C(F)(F)F)c2)o1)N1CCCC1c1ccc[nH]1. The number of halogens is 3. The van der Waals surface area contributed by atoms with Gasteiger partial charge in [-0.05, 0) is 49.2 Å². The molecule has 140 valence electrons. The summed E-state index contributed by atoms with van der Waals surface area (Å²) < 4.78 is 44.3. The van der Waals surface area contributed by atoms with E-state index < -0.39 is 11.7 Å². The van der Waals surface area contributed by atoms with Crippen LogP contribution in [0.15, 0.2) is 59.1 Å². The fourth-order valence-electron chi connectivity index (χ4n) is 3.48. The molecule has 4 nitrogen and oxygen atoms in total. The summed E-state index contributed by atoms with van der Waals surface area (Å²) in [6.45, 7) is 0.613. The number of nitrogens with zero attached hydrogens (tertiary/aromatic N) is 1. The van der Waals surface area contributed by atoms with Crippen LogP contribution in [0.5, 0.6) is 0 Å². The second-order valence-corrected chi connectivity index (χ2v) is 6.52. The van der Waals surface area contributed by atoms with Gasteiger partial charge in [0.05, 0.1) is 11.6 Å². The van der Waals surface area contributed by atoms with Crippen LogP contribution in [0.25, 0.3) is 11.3 Å². The smallest absolute Gasteiger partial charge is 0.416 e. The third-order valence-corrected chi connectivity index (χ3v) is 4.79. The van der Waals surface area contributed by atoms with Crippen molar-refractivity contribution in [1.82, 2.24) is 9.88 Å². The van der Waals surface area contributed by atoms with E-state index in [-0.39, 0.29) is 29.0 Å². The summed E-state index contributed by atoms with van der Waals surface area (Å²) in [6.07, 6.45) is -0.876. The van der Waals surface area contributed by atoms with Crippen LogP contribution < -0.4 is 0 Å². The molecule has 1 N–H and O–H groups in total. The minimum Gasteiger partial charge on any atom is -0.451 e. The molecule has 0 radical (unpaired) electrons. The van der Waals surface area contributed by atoms with Crippen molar-refractivity contribution in [1.29, 1.82) is 0 Å². The van der Waals surface area contributed by atoms with E-state index >= 15 is 0 Å². The quantitative estimate of drug-likeness (QED) is 0.679. The number of carbonyl (C=O) groups is 1. The van der Waals surface area contributed by atoms with Gasteiger partial charge in [0.1, 0.15) is 5.76 Å². The first-order chi connectivity index (χ1) is 12.9. The van der Waals surface area contributed by atoms with Gasteiger partial charge in [0.15, 0.2) is 5.76 Å². The lowest BCUT2D eigenvalue weighted by molar-refractivity contribution is -0.137. The molecule has 3 aromatic rings. The predicted molar refractivity (Wildman–Crippen MR) is 93.0 cm³/mol. The third-order valence-electron chi connectivity index (χ3n) is 4.79. The van der Waals surface area contributed by atoms with Crippen LogP contribution in [0.3, 0.4) is 0 Å². The number of hydrogen-bond donors (Lipinski definition) is 1. The van der Waals surface area contributed by atoms with Crippen molar-refractivity contribution in [2.24, 2.45) is 0 Å². The predicted octanol–water partition coefficient (Wildman–Crippen LogP) is 5.27. The molecule has 27 heavy (non-hydrogen) atoms. The van der Waals surface area contributed by atoms with Crippen LogP contribution >= 0.6 is 0 Å². The van der Waals surface area contributed by atoms with Gasteiger partial charge >= 0.3 is 6.18 Å². The molecule has 1 aliphatic heterocycles. The number of aromatic amines is 1. The number of benzene rings is 1. The molecule has 0 bridgehead atoms. The molecule has 7 heteroatoms. The van der Waals surface area contributed by atoms with Crippen LogP contribution in [0, 0.1) is 0 Å². The highest BCUT2D eigenvalue weighted by Gasteiger charge is 2.33. The van der Waals surface area contributed by atoms with Gasteiger partial charge in [0.2, 0.25) is 0 Å². The van der Waals surface area contributed by atoms with Gasteiger partial charge < -0.3 is 14.3 Å². The first-order valence-electron chi connectivity index (χ1n) is 8.65. The Morgan fingerprint density at radius 1 is 1.15 bits per heavy atom. The topological polar surface area (TPSA) is 49.2 Å². The van der Waals surface area contributed by atoms with E-state index in [2.05, 4.69) is 4.98 Å². The van der Waals surface area contributed by atoms with Crippen molar-refractivity contribution < 1.29 is 22.4 Å². The molecule has 0 saturated carbocycles. The Hall–Kier alpha value is -2.96. The monoisotopic (exact) mass is 374 g/mol. The molecule has 1 atom stereocenters. The molecule has 0 spiro atoms. The van der Waals surface area contributed by atoms with Gasteiger partial charge in [-0.25, -0.2) is 0 Å². The average molecular weight is 374 g/mol. The summed E-state index contributed by atoms with van der Waals surface area (Å²) in [5.41, 5.74) is 0.493. The third kappa shape index (κ3) is 3.37. The van der Waals surface area contributed by atoms with E-state index in [0.29, 0.717) is 6.54 Å². The molecule has 1 amide bonds. The van der Waals surface area contributed by atoms with Gasteiger partial charge in [0.25, 0.3) is 5.91 Å². The standard InChI is InChI=1S/C20H17F3N2O2/c21-20(22,23)14-5-1-4-13(12-14)17-8-9-18(27-17)19(26)25-11-3-7-16(25)15-6-2-10-24-15/h1-2,4-6,8-10,12,16,24H,3,7,11H2. The molecule has 2 aromatic heterocycles. The summed E-state index contributed by atoms with van der Waals surface area (Å²) in [7, 11) is 0. The largest absolute Gasteiger partial charge is 0.451 e. The number of likely N-dealkylation sites (tertiary alicyclic amines) is 1. The number of rotatable bonds is 3. The molecule has 1 unspecified atom stereocenters. The van der Waals surface area contributed by atoms with Crippen LogP contribution in [-0.2, 0) is 6.18 Å². The van der Waals surface area contributed by atoms with Crippen molar-refractivity contribution in [3.05, 3.63) is 71.7 Å². The lowest BCUT2D eigenvalue weighted by Gasteiger charge is -2.23. The Morgan fingerprint density at radius 2 is 2.00 bits per heavy atom. The second-order valence-electron chi connectivity index (χ2n) is 6.52. The summed E-state index contributed by atoms with van der Waals surface area (Å²) in [4.78, 5) is 17.7. The first kappa shape index (κ1) is 17.5. The summed E-state index contributed by atoms with van der Waals surface area (Å²) >= 11 is 0. The maximum Gasteiger partial charge on any atom is 0.416 e. The molecule has 4 rings (SSSR count). The summed E-state index contributed by atoms with van der Waals surface area (Å²) in [5, 5.41) is 0. The van der Waals surface area contributed by atoms with Crippen LogP contribution in [0.4, 0.5) is 13.2 Å². The number of hydrogen-bond acceptors (Lipinski definition) is 2. The van der Waals surface area contributed by atoms with Gasteiger partial charge in [-0.2, -0.15) is 13.2 Å². The molecule has 1 aliphatic rings. The van der Waals surface area contributed by atoms with Crippen molar-refractivity contribution >= 4 is 5.91 Å². The Bertz CT molecular complexity index is 944. The number of nitrogens with one attached hydrogen (secondary N) is 1. The van der Waals surface area contributed by atoms with Crippen molar-refractivity contribution in [2.75, 3.05) is 6.54 Å². The Kier molecular flexibility index (Phi) is 4.30. The van der Waals surface area contributed by atoms with Crippen molar-refractivity contribution in [3.63, 3.8) is 0 Å². The number of alkyl halides is 3. The maximum absolute atomic E-state index is 12.9. The zero-order valence-corrected chi connectivity index (χ0v) is 14.3. The van der Waals surface area contributed by atoms with E-state index in [4.69, 9.17) is 4.42 Å². The van der Waals surface area contributed by atoms with E-state index in [0.717, 1.165) is 30.7 Å². The van der Waals surface area contributed by atoms with Gasteiger partial charge in [0, 0.05) is 24.0 Å². The molecule has 3 heterocycles. The van der Waals surface area contributed by atoms with Crippen molar-refractivity contribution in [2.45, 2.75) is 25.1 Å². The van der Waals surface area contributed by atoms with Gasteiger partial charge in [-0.1, -0.05) is 12.1 Å². The molecular formula is C20H17F3N2O2. The van der Waals surface area contributed by atoms with Gasteiger partial charge in [-0.3, -0.25) is 4.79 Å². The Balaban J connectivity index is 1.58. The summed E-state index contributed by atoms with van der Waals surface area (Å²) in [6, 6.07) is 11.7. The number of amides is 1. The van der Waals surface area contributed by atoms with E-state index in [9.17, 15) is 18.0 Å². The number of H-pyrrole nitrogens is 1. The Morgan fingerprint density at radius 3 is 2.74 bits per heavy atom. The fourth-order valence-corrected chi connectivity index (χ4v) is 3.48. The highest BCUT2D eigenvalue weighted by molar-refractivity contribution is 5.92. The molecular weight excluding hydrogens is 357 g/mol. The highest BCUT2D eigenvalue weighted by Crippen LogP contribution is 2.35. The lowest BCUT2D eigenvalue weighted by Crippen LogP contribution is -2.30. The first-order valence-corrected chi connectivity index (χ1v) is 8.65. The minimum absolute atomic E-state index is 0.0467. The normalized spacial score (nSPS) is 17.4. The number of aromatic nitrogens is 1. The number of furan rings is 1. The highest BCUT2D eigenvalue weighted by atomic mass is 19.4. The van der Waals surface area contributed by atoms with Crippen LogP contribution in [-0.4, -0.2) is 22.3 Å². The van der Waals surface area contributed by atoms with Crippen LogP contribution in [0.1, 0.15) is 40.7 Å². The zero-order valence-electron chi connectivity index (χ0n) is 14.3. The minimum atomic E-state index is -4.43. The summed E-state index contributed by atoms with van der Waals surface area (Å²) in [5.74, 6) is 0.103. The van der Waals surface area contributed by atoms with Crippen molar-refractivity contribution in [3.8, 4) is 11.3 Å². The molecule has 1 fully saturated rings. The Labute approximate surface area is 153 Å². The zero-order chi connectivity index (χ0) is 19.0. The fraction of sp³-hybridized carbons (Fsp3) is 0.250. The van der Waals surface area contributed by atoms with Crippen LogP contribution in [0.2, 0.25) is 0 Å². The van der Waals surface area contributed by atoms with E-state index in [1.165, 1.54) is 24.3 Å². The molecule has 1 saturated heterocycles. The van der Waals surface area contributed by atoms with Gasteiger partial charge in [-0.15, -0.1) is 0 Å². The number of carbonyl (C=O) groups excluding carboxylic acids is 1. The maximum atomic E-state index is 12.9. The molecule has 0 aliphatic carbocycles. The second kappa shape index (κ2) is 6.64. The average Bonchev–Trinajstić information content (AvgIpc) is 3.41. The van der Waals surface area contributed by atoms with E-state index in [1.54, 1.807) is 4.90 Å². The lowest BCUT2D eigenvalue weighted by atomic mass is 10.1.